The summed E-state index contributed by atoms with van der Waals surface area (Å²) in [6.07, 6.45) is 3.95. The second kappa shape index (κ2) is 10.3. The number of hydrogen-bond acceptors (Lipinski definition) is 9. The van der Waals surface area contributed by atoms with Crippen molar-refractivity contribution < 1.29 is 17.9 Å². The molecule has 0 radical (unpaired) electrons. The molecule has 2 saturated heterocycles. The highest BCUT2D eigenvalue weighted by Gasteiger charge is 2.54. The van der Waals surface area contributed by atoms with E-state index >= 15 is 0 Å². The number of nitriles is 1. The number of aromatic nitrogens is 4. The first kappa shape index (κ1) is 28.5. The molecule has 0 unspecified atom stereocenters. The van der Waals surface area contributed by atoms with Crippen LogP contribution in [0.15, 0.2) is 30.6 Å². The van der Waals surface area contributed by atoms with Gasteiger partial charge in [-0.3, -0.25) is 10.1 Å². The Morgan fingerprint density at radius 3 is 2.52 bits per heavy atom. The van der Waals surface area contributed by atoms with E-state index in [4.69, 9.17) is 32.7 Å². The van der Waals surface area contributed by atoms with Crippen molar-refractivity contribution in [2.75, 3.05) is 44.4 Å². The van der Waals surface area contributed by atoms with Gasteiger partial charge in [0.05, 0.1) is 40.2 Å². The first-order valence-electron chi connectivity index (χ1n) is 13.1. The van der Waals surface area contributed by atoms with Gasteiger partial charge in [0.25, 0.3) is 0 Å². The van der Waals surface area contributed by atoms with E-state index in [2.05, 4.69) is 26.2 Å². The predicted octanol–water partition coefficient (Wildman–Crippen LogP) is 4.74. The van der Waals surface area contributed by atoms with Crippen molar-refractivity contribution in [1.29, 1.82) is 5.26 Å². The van der Waals surface area contributed by atoms with Gasteiger partial charge < -0.3 is 14.4 Å². The fourth-order valence-corrected chi connectivity index (χ4v) is 7.34. The van der Waals surface area contributed by atoms with Gasteiger partial charge in [-0.2, -0.15) is 10.4 Å². The summed E-state index contributed by atoms with van der Waals surface area (Å²) < 4.78 is 36.9. The zero-order valence-corrected chi connectivity index (χ0v) is 25.6. The Balaban J connectivity index is 1.28. The van der Waals surface area contributed by atoms with Gasteiger partial charge >= 0.3 is 0 Å². The summed E-state index contributed by atoms with van der Waals surface area (Å²) in [6, 6.07) is 7.63. The third-order valence-electron chi connectivity index (χ3n) is 7.85. The number of anilines is 1. The first-order valence-corrected chi connectivity index (χ1v) is 15.7. The van der Waals surface area contributed by atoms with Crippen LogP contribution in [-0.4, -0.2) is 72.4 Å². The maximum absolute atomic E-state index is 11.8. The summed E-state index contributed by atoms with van der Waals surface area (Å²) in [5.41, 5.74) is 3.57. The molecule has 2 aliphatic rings. The van der Waals surface area contributed by atoms with Gasteiger partial charge in [0, 0.05) is 66.6 Å². The quantitative estimate of drug-likeness (QED) is 0.308. The number of H-pyrrole nitrogens is 1. The molecule has 0 amide bonds. The Hall–Kier alpha value is -3.63. The summed E-state index contributed by atoms with van der Waals surface area (Å²) in [6.45, 7) is 5.93. The second-order valence-corrected chi connectivity index (χ2v) is 13.7. The molecule has 0 saturated carbocycles. The molecule has 218 valence electrons. The highest BCUT2D eigenvalue weighted by atomic mass is 35.5. The predicted molar refractivity (Wildman–Crippen MR) is 160 cm³/mol. The summed E-state index contributed by atoms with van der Waals surface area (Å²) in [7, 11) is -1.63. The lowest BCUT2D eigenvalue weighted by Crippen LogP contribution is -2.73. The summed E-state index contributed by atoms with van der Waals surface area (Å²) in [5, 5.41) is 19.1. The molecule has 6 rings (SSSR count). The number of aryl methyl sites for hydroxylation is 1. The Labute approximate surface area is 253 Å². The van der Waals surface area contributed by atoms with E-state index < -0.39 is 16.1 Å². The molecule has 1 spiro atoms. The lowest BCUT2D eigenvalue weighted by Gasteiger charge is -2.59. The van der Waals surface area contributed by atoms with Crippen LogP contribution in [0.2, 0.25) is 10.0 Å². The largest absolute Gasteiger partial charge is 0.493 e. The minimum atomic E-state index is -3.19. The van der Waals surface area contributed by atoms with Crippen LogP contribution in [0.5, 0.6) is 11.5 Å². The molecule has 5 heterocycles. The van der Waals surface area contributed by atoms with E-state index in [0.717, 1.165) is 5.39 Å². The third kappa shape index (κ3) is 4.80. The number of nitrogens with one attached hydrogen (secondary N) is 1. The Morgan fingerprint density at radius 1 is 1.12 bits per heavy atom. The van der Waals surface area contributed by atoms with Crippen LogP contribution in [0, 0.1) is 23.7 Å². The fraction of sp³-hybridized carbons (Fsp3) is 0.357. The average molecular weight is 629 g/mol. The molecular weight excluding hydrogens is 601 g/mol. The molecule has 2 aliphatic heterocycles. The van der Waals surface area contributed by atoms with Crippen molar-refractivity contribution in [1.82, 2.24) is 24.5 Å². The van der Waals surface area contributed by atoms with Gasteiger partial charge in [-0.05, 0) is 26.0 Å². The van der Waals surface area contributed by atoms with Gasteiger partial charge in [-0.15, -0.1) is 0 Å². The van der Waals surface area contributed by atoms with Crippen molar-refractivity contribution in [2.45, 2.75) is 20.0 Å². The molecular formula is C28H27Cl2N7O4S. The normalized spacial score (nSPS) is 17.0. The van der Waals surface area contributed by atoms with Crippen LogP contribution in [-0.2, 0) is 10.0 Å². The second-order valence-electron chi connectivity index (χ2n) is 10.9. The minimum absolute atomic E-state index is 0.0788. The van der Waals surface area contributed by atoms with Crippen molar-refractivity contribution in [3.63, 3.8) is 0 Å². The standard InChI is InChI=1S/C28H27Cl2N7O4S/c1-15-25(30)24(20(29)10-32-15)16(2)41-23-6-19-21(7-22(23)40-3)34-35-26(19)18-5-17(8-31)27(33-9-18)36-11-28(12-36)13-37(14-28)42(4,38)39/h5-7,9-10,16H,11-14H2,1-4H3,(H,34,35)/t16-/m1/s1. The molecule has 4 aromatic rings. The van der Waals surface area contributed by atoms with E-state index in [1.165, 1.54) is 10.6 Å². The van der Waals surface area contributed by atoms with Crippen molar-refractivity contribution in [3.8, 4) is 28.8 Å². The maximum atomic E-state index is 11.8. The van der Waals surface area contributed by atoms with Crippen LogP contribution < -0.4 is 14.4 Å². The number of aromatic amines is 1. The van der Waals surface area contributed by atoms with Gasteiger partial charge in [0.1, 0.15) is 23.7 Å². The zero-order valence-electron chi connectivity index (χ0n) is 23.3. The molecule has 42 heavy (non-hydrogen) atoms. The number of fused-ring (bicyclic) bond motifs is 1. The average Bonchev–Trinajstić information content (AvgIpc) is 3.31. The third-order valence-corrected chi connectivity index (χ3v) is 9.82. The SMILES string of the molecule is COc1cc2[nH]nc(-c3cnc(N4CC5(C4)CN(S(C)(=O)=O)C5)c(C#N)c3)c2cc1O[C@H](C)c1c(Cl)cnc(C)c1Cl. The monoisotopic (exact) mass is 627 g/mol. The number of benzene rings is 1. The highest BCUT2D eigenvalue weighted by Crippen LogP contribution is 2.44. The van der Waals surface area contributed by atoms with E-state index in [0.29, 0.717) is 87.1 Å². The summed E-state index contributed by atoms with van der Waals surface area (Å²) in [5.74, 6) is 1.53. The Kier molecular flexibility index (Phi) is 6.97. The van der Waals surface area contributed by atoms with Gasteiger partial charge in [0.2, 0.25) is 10.0 Å². The fourth-order valence-electron chi connectivity index (χ4n) is 5.67. The smallest absolute Gasteiger partial charge is 0.211 e. The minimum Gasteiger partial charge on any atom is -0.493 e. The molecule has 1 aromatic carbocycles. The number of halogens is 2. The highest BCUT2D eigenvalue weighted by molar-refractivity contribution is 7.88. The lowest BCUT2D eigenvalue weighted by atomic mass is 9.74. The van der Waals surface area contributed by atoms with Crippen LogP contribution in [0.25, 0.3) is 22.2 Å². The zero-order chi connectivity index (χ0) is 30.0. The number of ether oxygens (including phenoxy) is 2. The lowest BCUT2D eigenvalue weighted by molar-refractivity contribution is 0.0395. The summed E-state index contributed by atoms with van der Waals surface area (Å²) in [4.78, 5) is 10.8. The topological polar surface area (TPSA) is 137 Å². The first-order chi connectivity index (χ1) is 19.9. The van der Waals surface area contributed by atoms with E-state index in [1.807, 2.05) is 17.9 Å². The molecule has 3 aromatic heterocycles. The number of nitrogens with zero attached hydrogens (tertiary/aromatic N) is 6. The van der Waals surface area contributed by atoms with Crippen LogP contribution in [0.3, 0.4) is 0 Å². The van der Waals surface area contributed by atoms with Gasteiger partial charge in [-0.25, -0.2) is 17.7 Å². The van der Waals surface area contributed by atoms with Gasteiger partial charge in [-0.1, -0.05) is 23.2 Å². The van der Waals surface area contributed by atoms with Crippen molar-refractivity contribution in [2.24, 2.45) is 5.41 Å². The number of methoxy groups -OCH3 is 1. The van der Waals surface area contributed by atoms with E-state index in [-0.39, 0.29) is 5.41 Å². The van der Waals surface area contributed by atoms with Gasteiger partial charge in [0.15, 0.2) is 11.5 Å². The van der Waals surface area contributed by atoms with Crippen molar-refractivity contribution in [3.05, 3.63) is 57.5 Å². The van der Waals surface area contributed by atoms with Crippen LogP contribution in [0.4, 0.5) is 5.82 Å². The number of pyridine rings is 2. The molecule has 2 fully saturated rings. The molecule has 0 bridgehead atoms. The number of hydrogen-bond donors (Lipinski definition) is 1. The molecule has 0 aliphatic carbocycles. The summed E-state index contributed by atoms with van der Waals surface area (Å²) >= 11 is 12.9. The molecule has 1 N–H and O–H groups in total. The van der Waals surface area contributed by atoms with Crippen LogP contribution >= 0.6 is 23.2 Å². The Morgan fingerprint density at radius 2 is 1.86 bits per heavy atom. The van der Waals surface area contributed by atoms with Crippen molar-refractivity contribution >= 4 is 49.9 Å². The van der Waals surface area contributed by atoms with Crippen LogP contribution in [0.1, 0.15) is 29.8 Å². The number of sulfonamides is 1. The Bertz CT molecular complexity index is 1880. The molecule has 14 heteroatoms. The molecule has 1 atom stereocenters. The number of rotatable bonds is 7. The molecule has 11 nitrogen and oxygen atoms in total. The maximum Gasteiger partial charge on any atom is 0.211 e. The van der Waals surface area contributed by atoms with E-state index in [9.17, 15) is 13.7 Å². The van der Waals surface area contributed by atoms with E-state index in [1.54, 1.807) is 38.6 Å².